The second-order valence-electron chi connectivity index (χ2n) is 4.58. The normalized spacial score (nSPS) is 11.2. The first-order valence-corrected chi connectivity index (χ1v) is 5.10. The number of carboxylic acid groups (broad SMARTS) is 1. The lowest BCUT2D eigenvalue weighted by Crippen LogP contribution is -2.45. The summed E-state index contributed by atoms with van der Waals surface area (Å²) in [6, 6.07) is 6.95. The number of nitrogens with zero attached hydrogens (tertiary/aromatic N) is 1. The van der Waals surface area contributed by atoms with Gasteiger partial charge in [-0.25, -0.2) is 4.79 Å². The van der Waals surface area contributed by atoms with Crippen LogP contribution in [0.2, 0.25) is 0 Å². The van der Waals surface area contributed by atoms with Crippen LogP contribution in [-0.4, -0.2) is 21.8 Å². The van der Waals surface area contributed by atoms with Gasteiger partial charge in [-0.15, -0.1) is 0 Å². The maximum Gasteiger partial charge on any atom is 0.412 e. The maximum atomic E-state index is 11.3. The van der Waals surface area contributed by atoms with Crippen molar-refractivity contribution in [2.45, 2.75) is 32.9 Å². The molecule has 0 atom stereocenters. The van der Waals surface area contributed by atoms with Crippen LogP contribution in [0.25, 0.3) is 0 Å². The molecule has 0 spiro atoms. The Morgan fingerprint density at radius 3 is 2.31 bits per heavy atom. The van der Waals surface area contributed by atoms with Crippen molar-refractivity contribution in [3.63, 3.8) is 0 Å². The zero-order chi connectivity index (χ0) is 12.3. The average molecular weight is 223 g/mol. The first-order chi connectivity index (χ1) is 7.38. The fraction of sp³-hybridized carbons (Fsp3) is 0.417. The fourth-order valence-corrected chi connectivity index (χ4v) is 1.61. The molecule has 1 amide bonds. The number of aliphatic hydroxyl groups excluding tert-OH is 1. The molecule has 16 heavy (non-hydrogen) atoms. The van der Waals surface area contributed by atoms with Gasteiger partial charge in [0.15, 0.2) is 0 Å². The first-order valence-electron chi connectivity index (χ1n) is 5.10. The van der Waals surface area contributed by atoms with Crippen molar-refractivity contribution in [3.05, 3.63) is 29.8 Å². The molecular formula is C12H17NO3. The van der Waals surface area contributed by atoms with E-state index in [4.69, 9.17) is 0 Å². The third-order valence-electron chi connectivity index (χ3n) is 2.26. The minimum absolute atomic E-state index is 0.171. The van der Waals surface area contributed by atoms with Crippen LogP contribution in [0.3, 0.4) is 0 Å². The van der Waals surface area contributed by atoms with E-state index in [2.05, 4.69) is 0 Å². The van der Waals surface area contributed by atoms with Gasteiger partial charge in [0.1, 0.15) is 0 Å². The standard InChI is InChI=1S/C12H17NO3/c1-12(2,3)13(11(15)16)10-7-5-4-6-9(10)8-14/h4-7,14H,8H2,1-3H3,(H,15,16). The molecule has 0 radical (unpaired) electrons. The lowest BCUT2D eigenvalue weighted by molar-refractivity contribution is 0.195. The number of rotatable bonds is 2. The highest BCUT2D eigenvalue weighted by atomic mass is 16.4. The largest absolute Gasteiger partial charge is 0.465 e. The highest BCUT2D eigenvalue weighted by molar-refractivity contribution is 5.88. The highest BCUT2D eigenvalue weighted by Crippen LogP contribution is 2.27. The number of benzene rings is 1. The summed E-state index contributed by atoms with van der Waals surface area (Å²) in [6.07, 6.45) is -1.02. The van der Waals surface area contributed by atoms with Crippen LogP contribution in [-0.2, 0) is 6.61 Å². The van der Waals surface area contributed by atoms with E-state index in [0.29, 0.717) is 11.3 Å². The summed E-state index contributed by atoms with van der Waals surface area (Å²) in [5.41, 5.74) is 0.599. The summed E-state index contributed by atoms with van der Waals surface area (Å²) in [4.78, 5) is 12.5. The molecule has 0 saturated heterocycles. The van der Waals surface area contributed by atoms with Crippen LogP contribution in [0, 0.1) is 0 Å². The van der Waals surface area contributed by atoms with Crippen LogP contribution in [0.4, 0.5) is 10.5 Å². The van der Waals surface area contributed by atoms with Gasteiger partial charge in [0.2, 0.25) is 0 Å². The van der Waals surface area contributed by atoms with E-state index in [9.17, 15) is 15.0 Å². The Labute approximate surface area is 95.1 Å². The molecule has 0 unspecified atom stereocenters. The summed E-state index contributed by atoms with van der Waals surface area (Å²) in [6.45, 7) is 5.27. The minimum Gasteiger partial charge on any atom is -0.465 e. The van der Waals surface area contributed by atoms with Crippen LogP contribution in [0.5, 0.6) is 0 Å². The molecule has 0 aromatic heterocycles. The first kappa shape index (κ1) is 12.5. The van der Waals surface area contributed by atoms with E-state index in [1.165, 1.54) is 4.90 Å². The number of carbonyl (C=O) groups is 1. The zero-order valence-corrected chi connectivity index (χ0v) is 9.77. The number of hydrogen-bond acceptors (Lipinski definition) is 2. The predicted octanol–water partition coefficient (Wildman–Crippen LogP) is 2.46. The molecule has 4 heteroatoms. The van der Waals surface area contributed by atoms with Crippen LogP contribution < -0.4 is 4.90 Å². The van der Waals surface area contributed by atoms with E-state index >= 15 is 0 Å². The number of amides is 1. The zero-order valence-electron chi connectivity index (χ0n) is 9.77. The van der Waals surface area contributed by atoms with Crippen LogP contribution >= 0.6 is 0 Å². The van der Waals surface area contributed by atoms with Crippen molar-refractivity contribution in [1.82, 2.24) is 0 Å². The van der Waals surface area contributed by atoms with Gasteiger partial charge in [0, 0.05) is 11.1 Å². The molecule has 4 nitrogen and oxygen atoms in total. The number of aliphatic hydroxyl groups is 1. The Kier molecular flexibility index (Phi) is 3.55. The van der Waals surface area contributed by atoms with Crippen LogP contribution in [0.15, 0.2) is 24.3 Å². The highest BCUT2D eigenvalue weighted by Gasteiger charge is 2.29. The van der Waals surface area contributed by atoms with Crippen molar-refractivity contribution < 1.29 is 15.0 Å². The van der Waals surface area contributed by atoms with Gasteiger partial charge in [-0.3, -0.25) is 4.90 Å². The van der Waals surface area contributed by atoms with E-state index in [-0.39, 0.29) is 6.61 Å². The Morgan fingerprint density at radius 1 is 1.31 bits per heavy atom. The molecule has 0 bridgehead atoms. The molecule has 1 aromatic rings. The maximum absolute atomic E-state index is 11.3. The Bertz CT molecular complexity index is 382. The van der Waals surface area contributed by atoms with E-state index in [1.54, 1.807) is 24.3 Å². The molecular weight excluding hydrogens is 206 g/mol. The number of hydrogen-bond donors (Lipinski definition) is 2. The van der Waals surface area contributed by atoms with E-state index in [1.807, 2.05) is 20.8 Å². The molecule has 2 N–H and O–H groups in total. The van der Waals surface area contributed by atoms with Gasteiger partial charge in [-0.2, -0.15) is 0 Å². The Morgan fingerprint density at radius 2 is 1.88 bits per heavy atom. The fourth-order valence-electron chi connectivity index (χ4n) is 1.61. The van der Waals surface area contributed by atoms with Gasteiger partial charge < -0.3 is 10.2 Å². The van der Waals surface area contributed by atoms with E-state index in [0.717, 1.165) is 0 Å². The summed E-state index contributed by atoms with van der Waals surface area (Å²) in [5.74, 6) is 0. The molecule has 0 heterocycles. The minimum atomic E-state index is -1.02. The third kappa shape index (κ3) is 2.52. The van der Waals surface area contributed by atoms with Crippen molar-refractivity contribution in [1.29, 1.82) is 0 Å². The van der Waals surface area contributed by atoms with Gasteiger partial charge in [0.05, 0.1) is 12.3 Å². The Balaban J connectivity index is 3.27. The second kappa shape index (κ2) is 4.53. The molecule has 0 aliphatic heterocycles. The smallest absolute Gasteiger partial charge is 0.412 e. The molecule has 88 valence electrons. The number of anilines is 1. The topological polar surface area (TPSA) is 60.8 Å². The second-order valence-corrected chi connectivity index (χ2v) is 4.58. The van der Waals surface area contributed by atoms with Gasteiger partial charge in [-0.05, 0) is 26.8 Å². The lowest BCUT2D eigenvalue weighted by Gasteiger charge is -2.34. The predicted molar refractivity (Wildman–Crippen MR) is 62.6 cm³/mol. The third-order valence-corrected chi connectivity index (χ3v) is 2.26. The summed E-state index contributed by atoms with van der Waals surface area (Å²) < 4.78 is 0. The Hall–Kier alpha value is -1.55. The molecule has 0 saturated carbocycles. The molecule has 1 rings (SSSR count). The quantitative estimate of drug-likeness (QED) is 0.809. The SMILES string of the molecule is CC(C)(C)N(C(=O)O)c1ccccc1CO. The van der Waals surface area contributed by atoms with Gasteiger partial charge in [-0.1, -0.05) is 18.2 Å². The molecule has 0 aliphatic rings. The summed E-state index contributed by atoms with van der Waals surface area (Å²) in [5, 5.41) is 18.4. The van der Waals surface area contributed by atoms with Crippen molar-refractivity contribution in [3.8, 4) is 0 Å². The average Bonchev–Trinajstić information content (AvgIpc) is 2.15. The summed E-state index contributed by atoms with van der Waals surface area (Å²) in [7, 11) is 0. The lowest BCUT2D eigenvalue weighted by atomic mass is 10.0. The molecule has 1 aromatic carbocycles. The molecule has 0 fully saturated rings. The monoisotopic (exact) mass is 223 g/mol. The number of para-hydroxylation sites is 1. The van der Waals surface area contributed by atoms with Crippen molar-refractivity contribution in [2.24, 2.45) is 0 Å². The van der Waals surface area contributed by atoms with Gasteiger partial charge in [0.25, 0.3) is 0 Å². The summed E-state index contributed by atoms with van der Waals surface area (Å²) >= 11 is 0. The van der Waals surface area contributed by atoms with Crippen molar-refractivity contribution in [2.75, 3.05) is 4.90 Å². The van der Waals surface area contributed by atoms with Crippen molar-refractivity contribution >= 4 is 11.8 Å². The van der Waals surface area contributed by atoms with E-state index < -0.39 is 11.6 Å². The van der Waals surface area contributed by atoms with Crippen LogP contribution in [0.1, 0.15) is 26.3 Å². The molecule has 0 aliphatic carbocycles. The van der Waals surface area contributed by atoms with Gasteiger partial charge >= 0.3 is 6.09 Å².